The molecule has 0 saturated heterocycles. The van der Waals surface area contributed by atoms with Gasteiger partial charge in [-0.15, -0.1) is 0 Å². The minimum Gasteiger partial charge on any atom is -0.504 e. The highest BCUT2D eigenvalue weighted by molar-refractivity contribution is 5.60. The molecule has 1 aromatic carbocycles. The van der Waals surface area contributed by atoms with E-state index >= 15 is 0 Å². The smallest absolute Gasteiger partial charge is 0.231 e. The SMILES string of the molecule is COc1cc(-c2noc(C3CC3C#N)n2)ccc1O. The fourth-order valence-electron chi connectivity index (χ4n) is 1.93. The van der Waals surface area contributed by atoms with Crippen molar-refractivity contribution in [2.75, 3.05) is 7.11 Å². The zero-order chi connectivity index (χ0) is 13.4. The van der Waals surface area contributed by atoms with E-state index in [4.69, 9.17) is 14.5 Å². The average molecular weight is 257 g/mol. The monoisotopic (exact) mass is 257 g/mol. The van der Waals surface area contributed by atoms with Gasteiger partial charge >= 0.3 is 0 Å². The Labute approximate surface area is 109 Å². The fraction of sp³-hybridized carbons (Fsp3) is 0.308. The lowest BCUT2D eigenvalue weighted by Crippen LogP contribution is -1.87. The van der Waals surface area contributed by atoms with Crippen molar-refractivity contribution in [2.45, 2.75) is 12.3 Å². The average Bonchev–Trinajstić information content (AvgIpc) is 3.07. The molecule has 3 rings (SSSR count). The number of methoxy groups -OCH3 is 1. The molecule has 0 bridgehead atoms. The Morgan fingerprint density at radius 2 is 2.37 bits per heavy atom. The van der Waals surface area contributed by atoms with Gasteiger partial charge in [0.2, 0.25) is 11.7 Å². The Morgan fingerprint density at radius 1 is 1.53 bits per heavy atom. The van der Waals surface area contributed by atoms with Crippen LogP contribution in [-0.4, -0.2) is 22.4 Å². The summed E-state index contributed by atoms with van der Waals surface area (Å²) in [5.74, 6) is 1.38. The molecule has 96 valence electrons. The highest BCUT2D eigenvalue weighted by Gasteiger charge is 2.43. The lowest BCUT2D eigenvalue weighted by Gasteiger charge is -2.03. The molecule has 1 N–H and O–H groups in total. The number of phenolic OH excluding ortho intramolecular Hbond substituents is 1. The van der Waals surface area contributed by atoms with E-state index in [2.05, 4.69) is 16.2 Å². The zero-order valence-electron chi connectivity index (χ0n) is 10.2. The van der Waals surface area contributed by atoms with Crippen LogP contribution in [0.15, 0.2) is 22.7 Å². The van der Waals surface area contributed by atoms with E-state index in [0.29, 0.717) is 23.0 Å². The summed E-state index contributed by atoms with van der Waals surface area (Å²) in [4.78, 5) is 4.28. The van der Waals surface area contributed by atoms with Gasteiger partial charge < -0.3 is 14.4 Å². The second kappa shape index (κ2) is 4.28. The number of benzene rings is 1. The number of aromatic nitrogens is 2. The fourth-order valence-corrected chi connectivity index (χ4v) is 1.93. The molecule has 1 heterocycles. The van der Waals surface area contributed by atoms with Crippen molar-refractivity contribution in [1.82, 2.24) is 10.1 Å². The number of ether oxygens (including phenoxy) is 1. The van der Waals surface area contributed by atoms with Crippen molar-refractivity contribution in [3.8, 4) is 29.0 Å². The van der Waals surface area contributed by atoms with Crippen LogP contribution in [0.1, 0.15) is 18.2 Å². The third kappa shape index (κ3) is 1.99. The van der Waals surface area contributed by atoms with E-state index in [1.54, 1.807) is 12.1 Å². The van der Waals surface area contributed by atoms with Gasteiger partial charge in [-0.05, 0) is 24.6 Å². The summed E-state index contributed by atoms with van der Waals surface area (Å²) in [6, 6.07) is 7.01. The highest BCUT2D eigenvalue weighted by Crippen LogP contribution is 2.46. The van der Waals surface area contributed by atoms with Crippen LogP contribution in [0.4, 0.5) is 0 Å². The molecule has 2 aromatic rings. The second-order valence-electron chi connectivity index (χ2n) is 4.42. The molecule has 1 saturated carbocycles. The molecule has 0 aliphatic heterocycles. The van der Waals surface area contributed by atoms with Crippen molar-refractivity contribution >= 4 is 0 Å². The molecule has 2 atom stereocenters. The minimum atomic E-state index is -0.0114. The van der Waals surface area contributed by atoms with E-state index in [0.717, 1.165) is 6.42 Å². The molecule has 2 unspecified atom stereocenters. The predicted molar refractivity (Wildman–Crippen MR) is 64.4 cm³/mol. The summed E-state index contributed by atoms with van der Waals surface area (Å²) in [5.41, 5.74) is 0.693. The van der Waals surface area contributed by atoms with Gasteiger partial charge in [-0.3, -0.25) is 0 Å². The van der Waals surface area contributed by atoms with Gasteiger partial charge in [0.15, 0.2) is 11.5 Å². The lowest BCUT2D eigenvalue weighted by atomic mass is 10.2. The summed E-state index contributed by atoms with van der Waals surface area (Å²) in [7, 11) is 1.47. The summed E-state index contributed by atoms with van der Waals surface area (Å²) < 4.78 is 10.2. The van der Waals surface area contributed by atoms with Crippen molar-refractivity contribution in [1.29, 1.82) is 5.26 Å². The van der Waals surface area contributed by atoms with Crippen molar-refractivity contribution in [2.24, 2.45) is 5.92 Å². The number of nitriles is 1. The van der Waals surface area contributed by atoms with E-state index < -0.39 is 0 Å². The summed E-state index contributed by atoms with van der Waals surface area (Å²) in [5, 5.41) is 22.2. The Balaban J connectivity index is 1.89. The van der Waals surface area contributed by atoms with Crippen molar-refractivity contribution in [3.05, 3.63) is 24.1 Å². The molecule has 1 aliphatic carbocycles. The molecule has 0 spiro atoms. The Bertz CT molecular complexity index is 659. The van der Waals surface area contributed by atoms with Crippen molar-refractivity contribution < 1.29 is 14.4 Å². The maximum Gasteiger partial charge on any atom is 0.231 e. The Morgan fingerprint density at radius 3 is 3.05 bits per heavy atom. The minimum absolute atomic E-state index is 0.0114. The van der Waals surface area contributed by atoms with Gasteiger partial charge in [-0.25, -0.2) is 0 Å². The maximum absolute atomic E-state index is 9.53. The third-order valence-electron chi connectivity index (χ3n) is 3.15. The highest BCUT2D eigenvalue weighted by atomic mass is 16.5. The number of hydrogen-bond donors (Lipinski definition) is 1. The summed E-state index contributed by atoms with van der Waals surface area (Å²) >= 11 is 0. The van der Waals surface area contributed by atoms with Crippen LogP contribution in [0.2, 0.25) is 0 Å². The molecule has 1 aromatic heterocycles. The molecule has 0 radical (unpaired) electrons. The Hall–Kier alpha value is -2.55. The molecular formula is C13H11N3O3. The summed E-state index contributed by atoms with van der Waals surface area (Å²) in [6.07, 6.45) is 0.775. The molecular weight excluding hydrogens is 246 g/mol. The first-order valence-corrected chi connectivity index (χ1v) is 5.83. The van der Waals surface area contributed by atoms with E-state index in [1.165, 1.54) is 13.2 Å². The zero-order valence-corrected chi connectivity index (χ0v) is 10.2. The normalized spacial score (nSPS) is 20.8. The van der Waals surface area contributed by atoms with Crippen LogP contribution in [0, 0.1) is 17.2 Å². The van der Waals surface area contributed by atoms with Crippen LogP contribution in [-0.2, 0) is 0 Å². The van der Waals surface area contributed by atoms with Crippen LogP contribution < -0.4 is 4.74 Å². The predicted octanol–water partition coefficient (Wildman–Crippen LogP) is 2.08. The van der Waals surface area contributed by atoms with Gasteiger partial charge in [0.1, 0.15) is 0 Å². The van der Waals surface area contributed by atoms with E-state index in [1.807, 2.05) is 0 Å². The molecule has 1 aliphatic rings. The summed E-state index contributed by atoms with van der Waals surface area (Å²) in [6.45, 7) is 0. The first-order chi connectivity index (χ1) is 9.22. The first-order valence-electron chi connectivity index (χ1n) is 5.83. The van der Waals surface area contributed by atoms with E-state index in [9.17, 15) is 5.11 Å². The quantitative estimate of drug-likeness (QED) is 0.904. The van der Waals surface area contributed by atoms with Crippen molar-refractivity contribution in [3.63, 3.8) is 0 Å². The number of phenols is 1. The molecule has 0 amide bonds. The topological polar surface area (TPSA) is 92.2 Å². The van der Waals surface area contributed by atoms with Crippen LogP contribution in [0.25, 0.3) is 11.4 Å². The largest absolute Gasteiger partial charge is 0.504 e. The lowest BCUT2D eigenvalue weighted by molar-refractivity contribution is 0.373. The van der Waals surface area contributed by atoms with Gasteiger partial charge in [-0.1, -0.05) is 5.16 Å². The number of nitrogens with zero attached hydrogens (tertiary/aromatic N) is 3. The number of hydrogen-bond acceptors (Lipinski definition) is 6. The number of rotatable bonds is 3. The first kappa shape index (κ1) is 11.5. The van der Waals surface area contributed by atoms with E-state index in [-0.39, 0.29) is 17.6 Å². The molecule has 1 fully saturated rings. The van der Waals surface area contributed by atoms with Crippen LogP contribution in [0.3, 0.4) is 0 Å². The molecule has 19 heavy (non-hydrogen) atoms. The Kier molecular flexibility index (Phi) is 2.60. The molecule has 6 heteroatoms. The van der Waals surface area contributed by atoms with Gasteiger partial charge in [0, 0.05) is 5.56 Å². The van der Waals surface area contributed by atoms with Gasteiger partial charge in [0.05, 0.1) is 25.0 Å². The maximum atomic E-state index is 9.53. The standard InChI is InChI=1S/C13H11N3O3/c1-18-11-5-7(2-3-10(11)17)12-15-13(19-16-12)9-4-8(9)6-14/h2-3,5,8-9,17H,4H2,1H3. The second-order valence-corrected chi connectivity index (χ2v) is 4.42. The van der Waals surface area contributed by atoms with Gasteiger partial charge in [0.25, 0.3) is 0 Å². The molecule has 6 nitrogen and oxygen atoms in total. The van der Waals surface area contributed by atoms with Crippen LogP contribution >= 0.6 is 0 Å². The number of aromatic hydroxyl groups is 1. The van der Waals surface area contributed by atoms with Crippen LogP contribution in [0.5, 0.6) is 11.5 Å². The third-order valence-corrected chi connectivity index (χ3v) is 3.15. The van der Waals surface area contributed by atoms with Gasteiger partial charge in [-0.2, -0.15) is 10.2 Å².